The predicted molar refractivity (Wildman–Crippen MR) is 86.4 cm³/mol. The highest BCUT2D eigenvalue weighted by atomic mass is 16.5. The average molecular weight is 316 g/mol. The predicted octanol–water partition coefficient (Wildman–Crippen LogP) is 3.61. The summed E-state index contributed by atoms with van der Waals surface area (Å²) in [7, 11) is 0. The summed E-state index contributed by atoms with van der Waals surface area (Å²) in [5.74, 6) is -0.197. The van der Waals surface area contributed by atoms with E-state index in [9.17, 15) is 20.1 Å². The van der Waals surface area contributed by atoms with Gasteiger partial charge in [-0.1, -0.05) is 19.1 Å². The maximum absolute atomic E-state index is 12.1. The molecule has 0 spiro atoms. The molecule has 1 aliphatic rings. The molecule has 1 aliphatic carbocycles. The molecule has 1 aromatic rings. The van der Waals surface area contributed by atoms with Crippen molar-refractivity contribution in [3.8, 4) is 11.5 Å². The first-order chi connectivity index (χ1) is 11.0. The number of ether oxygens (including phenoxy) is 1. The molecule has 1 atom stereocenters. The average Bonchev–Trinajstić information content (AvgIpc) is 2.54. The highest BCUT2D eigenvalue weighted by molar-refractivity contribution is 6.06. The number of ketones is 1. The van der Waals surface area contributed by atoms with E-state index in [1.807, 2.05) is 13.0 Å². The zero-order valence-electron chi connectivity index (χ0n) is 12.9. The number of allylic oxidation sites excluding steroid dienone is 5. The molecule has 1 aromatic carbocycles. The maximum Gasteiger partial charge on any atom is 0.189 e. The van der Waals surface area contributed by atoms with Crippen LogP contribution in [-0.2, 0) is 4.74 Å². The van der Waals surface area contributed by atoms with Crippen molar-refractivity contribution >= 4 is 5.78 Å². The van der Waals surface area contributed by atoms with E-state index in [-0.39, 0.29) is 28.7 Å². The smallest absolute Gasteiger partial charge is 0.189 e. The zero-order chi connectivity index (χ0) is 16.8. The van der Waals surface area contributed by atoms with Crippen LogP contribution in [0.1, 0.15) is 30.1 Å². The van der Waals surface area contributed by atoms with E-state index in [0.717, 1.165) is 6.42 Å². The molecular weight excluding hydrogens is 296 g/mol. The maximum atomic E-state index is 12.1. The van der Waals surface area contributed by atoms with Crippen LogP contribution in [0.5, 0.6) is 11.5 Å². The van der Waals surface area contributed by atoms with Gasteiger partial charge in [0.15, 0.2) is 11.5 Å². The van der Waals surface area contributed by atoms with Crippen molar-refractivity contribution in [3.63, 3.8) is 0 Å². The molecule has 1 unspecified atom stereocenters. The van der Waals surface area contributed by atoms with Crippen molar-refractivity contribution in [2.45, 2.75) is 19.8 Å². The summed E-state index contributed by atoms with van der Waals surface area (Å²) in [5.41, 5.74) is 0.0350. The van der Waals surface area contributed by atoms with E-state index >= 15 is 0 Å². The van der Waals surface area contributed by atoms with Crippen molar-refractivity contribution < 1.29 is 24.9 Å². The summed E-state index contributed by atoms with van der Waals surface area (Å²) in [4.78, 5) is 12.1. The Morgan fingerprint density at radius 3 is 2.83 bits per heavy atom. The fourth-order valence-corrected chi connectivity index (χ4v) is 2.20. The number of phenolic OH excluding ortho intramolecular Hbond substituents is 2. The number of hydrogen-bond donors (Lipinski definition) is 3. The van der Waals surface area contributed by atoms with Crippen LogP contribution in [0.3, 0.4) is 0 Å². The van der Waals surface area contributed by atoms with E-state index in [1.54, 1.807) is 12.2 Å². The lowest BCUT2D eigenvalue weighted by atomic mass is 9.97. The van der Waals surface area contributed by atoms with Gasteiger partial charge in [0, 0.05) is 12.3 Å². The summed E-state index contributed by atoms with van der Waals surface area (Å²) >= 11 is 0. The van der Waals surface area contributed by atoms with Gasteiger partial charge in [-0.05, 0) is 36.8 Å². The van der Waals surface area contributed by atoms with Crippen LogP contribution in [0.2, 0.25) is 0 Å². The van der Waals surface area contributed by atoms with Crippen LogP contribution < -0.4 is 0 Å². The first kappa shape index (κ1) is 16.7. The Bertz CT molecular complexity index is 670. The van der Waals surface area contributed by atoms with Crippen molar-refractivity contribution in [3.05, 3.63) is 59.6 Å². The quantitative estimate of drug-likeness (QED) is 0.424. The molecule has 0 bridgehead atoms. The Hall–Kier alpha value is -2.69. The van der Waals surface area contributed by atoms with E-state index in [1.165, 1.54) is 24.3 Å². The normalized spacial score (nSPS) is 17.7. The van der Waals surface area contributed by atoms with Crippen LogP contribution in [-0.4, -0.2) is 27.7 Å². The van der Waals surface area contributed by atoms with Gasteiger partial charge < -0.3 is 20.1 Å². The first-order valence-corrected chi connectivity index (χ1v) is 7.49. The summed E-state index contributed by atoms with van der Waals surface area (Å²) in [6, 6.07) is 3.79. The number of carbonyl (C=O) groups excluding carboxylic acids is 1. The van der Waals surface area contributed by atoms with Gasteiger partial charge in [0.25, 0.3) is 0 Å². The zero-order valence-corrected chi connectivity index (χ0v) is 12.9. The monoisotopic (exact) mass is 316 g/mol. The van der Waals surface area contributed by atoms with Crippen LogP contribution >= 0.6 is 0 Å². The van der Waals surface area contributed by atoms with Crippen molar-refractivity contribution in [1.82, 2.24) is 0 Å². The second-order valence-electron chi connectivity index (χ2n) is 5.31. The Morgan fingerprint density at radius 2 is 2.13 bits per heavy atom. The standard InChI is InChI=1S/C18H20O5/c1-2-9-23-18-8-4-12(10-17(18)22)3-6-15(20)14-11-13(19)5-7-16(14)21/h3-8,11-12,19,21-22H,2,9-10H2,1H3. The summed E-state index contributed by atoms with van der Waals surface area (Å²) in [5, 5.41) is 29.0. The molecule has 0 saturated heterocycles. The number of benzene rings is 1. The van der Waals surface area contributed by atoms with E-state index in [0.29, 0.717) is 18.8 Å². The Morgan fingerprint density at radius 1 is 1.35 bits per heavy atom. The summed E-state index contributed by atoms with van der Waals surface area (Å²) in [6.07, 6.45) is 7.72. The lowest BCUT2D eigenvalue weighted by Crippen LogP contribution is -2.06. The lowest BCUT2D eigenvalue weighted by molar-refractivity contribution is 0.104. The van der Waals surface area contributed by atoms with Crippen LogP contribution in [0.4, 0.5) is 0 Å². The van der Waals surface area contributed by atoms with Crippen LogP contribution in [0.25, 0.3) is 0 Å². The number of aromatic hydroxyl groups is 2. The third-order valence-corrected chi connectivity index (χ3v) is 3.41. The third kappa shape index (κ3) is 4.39. The molecule has 2 rings (SSSR count). The number of aliphatic hydroxyl groups excluding tert-OH is 1. The van der Waals surface area contributed by atoms with Gasteiger partial charge in [-0.15, -0.1) is 0 Å². The minimum absolute atomic E-state index is 0.0350. The molecule has 0 radical (unpaired) electrons. The molecule has 5 heteroatoms. The molecule has 0 aromatic heterocycles. The van der Waals surface area contributed by atoms with Gasteiger partial charge in [-0.3, -0.25) is 4.79 Å². The summed E-state index contributed by atoms with van der Waals surface area (Å²) < 4.78 is 5.41. The number of aliphatic hydroxyl groups is 1. The van der Waals surface area contributed by atoms with Gasteiger partial charge in [0.1, 0.15) is 17.3 Å². The van der Waals surface area contributed by atoms with Crippen molar-refractivity contribution in [1.29, 1.82) is 0 Å². The van der Waals surface area contributed by atoms with E-state index in [4.69, 9.17) is 4.74 Å². The lowest BCUT2D eigenvalue weighted by Gasteiger charge is -2.16. The molecule has 3 N–H and O–H groups in total. The molecule has 122 valence electrons. The minimum Gasteiger partial charge on any atom is -0.508 e. The van der Waals surface area contributed by atoms with Gasteiger partial charge in [-0.25, -0.2) is 0 Å². The van der Waals surface area contributed by atoms with Crippen LogP contribution in [0.15, 0.2) is 54.0 Å². The van der Waals surface area contributed by atoms with Gasteiger partial charge in [0.2, 0.25) is 0 Å². The van der Waals surface area contributed by atoms with E-state index < -0.39 is 5.78 Å². The topological polar surface area (TPSA) is 87.0 Å². The minimum atomic E-state index is -0.414. The fourth-order valence-electron chi connectivity index (χ4n) is 2.20. The molecule has 0 aliphatic heterocycles. The molecule has 0 heterocycles. The van der Waals surface area contributed by atoms with Crippen LogP contribution in [0, 0.1) is 5.92 Å². The summed E-state index contributed by atoms with van der Waals surface area (Å²) in [6.45, 7) is 2.53. The largest absolute Gasteiger partial charge is 0.508 e. The Labute approximate surface area is 134 Å². The second kappa shape index (κ2) is 7.54. The Balaban J connectivity index is 2.02. The Kier molecular flexibility index (Phi) is 5.46. The number of rotatable bonds is 6. The molecule has 0 fully saturated rings. The molecule has 0 amide bonds. The van der Waals surface area contributed by atoms with E-state index in [2.05, 4.69) is 0 Å². The van der Waals surface area contributed by atoms with Crippen molar-refractivity contribution in [2.75, 3.05) is 6.61 Å². The highest BCUT2D eigenvalue weighted by Crippen LogP contribution is 2.25. The van der Waals surface area contributed by atoms with Gasteiger partial charge in [0.05, 0.1) is 12.2 Å². The van der Waals surface area contributed by atoms with Crippen molar-refractivity contribution in [2.24, 2.45) is 5.92 Å². The molecule has 0 saturated carbocycles. The van der Waals surface area contributed by atoms with Gasteiger partial charge in [-0.2, -0.15) is 0 Å². The number of hydrogen-bond acceptors (Lipinski definition) is 5. The highest BCUT2D eigenvalue weighted by Gasteiger charge is 2.16. The first-order valence-electron chi connectivity index (χ1n) is 7.49. The number of carbonyl (C=O) groups is 1. The molecule has 5 nitrogen and oxygen atoms in total. The molecule has 23 heavy (non-hydrogen) atoms. The SMILES string of the molecule is CCCOC1=C(O)CC(C=CC(=O)c2cc(O)ccc2O)C=C1. The third-order valence-electron chi connectivity index (χ3n) is 3.41. The second-order valence-corrected chi connectivity index (χ2v) is 5.31. The molecular formula is C18H20O5. The fraction of sp³-hybridized carbons (Fsp3) is 0.278. The number of phenols is 2. The van der Waals surface area contributed by atoms with Gasteiger partial charge >= 0.3 is 0 Å².